The summed E-state index contributed by atoms with van der Waals surface area (Å²) in [7, 11) is 0. The first-order valence-electron chi connectivity index (χ1n) is 11.1. The van der Waals surface area contributed by atoms with E-state index in [-0.39, 0.29) is 23.5 Å². The molecule has 0 radical (unpaired) electrons. The number of nitrogens with one attached hydrogen (secondary N) is 1. The maximum Gasteiger partial charge on any atom is 0.236 e. The number of thiazole rings is 1. The van der Waals surface area contributed by atoms with Crippen molar-refractivity contribution in [3.63, 3.8) is 0 Å². The van der Waals surface area contributed by atoms with Crippen LogP contribution in [0, 0.1) is 12.7 Å². The fourth-order valence-corrected chi connectivity index (χ4v) is 5.00. The number of hydrogen-bond acceptors (Lipinski definition) is 7. The second-order valence-corrected chi connectivity index (χ2v) is 10.1. The summed E-state index contributed by atoms with van der Waals surface area (Å²) in [6.45, 7) is 7.94. The van der Waals surface area contributed by atoms with Crippen molar-refractivity contribution in [2.75, 3.05) is 11.1 Å². The smallest absolute Gasteiger partial charge is 0.236 e. The van der Waals surface area contributed by atoms with Crippen LogP contribution in [-0.4, -0.2) is 31.4 Å². The van der Waals surface area contributed by atoms with E-state index in [1.165, 1.54) is 40.8 Å². The lowest BCUT2D eigenvalue weighted by Crippen LogP contribution is -2.16. The summed E-state index contributed by atoms with van der Waals surface area (Å²) in [5, 5.41) is 14.6. The Hall–Kier alpha value is -3.24. The number of benzene rings is 2. The fourth-order valence-electron chi connectivity index (χ4n) is 3.39. The number of ether oxygens (including phenoxy) is 1. The molecular formula is C25H26FN5O2S2. The van der Waals surface area contributed by atoms with E-state index in [4.69, 9.17) is 4.74 Å². The zero-order chi connectivity index (χ0) is 24.9. The van der Waals surface area contributed by atoms with Crippen molar-refractivity contribution in [1.29, 1.82) is 0 Å². The highest BCUT2D eigenvalue weighted by Crippen LogP contribution is 2.29. The summed E-state index contributed by atoms with van der Waals surface area (Å²) in [6, 6.07) is 14.0. The van der Waals surface area contributed by atoms with E-state index < -0.39 is 6.10 Å². The molecule has 10 heteroatoms. The highest BCUT2D eigenvalue weighted by atomic mass is 32.2. The first-order chi connectivity index (χ1) is 16.8. The number of carbonyl (C=O) groups is 1. The maximum atomic E-state index is 13.2. The molecule has 0 aliphatic carbocycles. The minimum atomic E-state index is -0.408. The quantitative estimate of drug-likeness (QED) is 0.266. The van der Waals surface area contributed by atoms with Gasteiger partial charge in [-0.15, -0.1) is 21.5 Å². The summed E-state index contributed by atoms with van der Waals surface area (Å²) in [5.41, 5.74) is 3.02. The Kier molecular flexibility index (Phi) is 7.82. The van der Waals surface area contributed by atoms with Crippen molar-refractivity contribution in [1.82, 2.24) is 19.7 Å². The van der Waals surface area contributed by atoms with Crippen LogP contribution in [0.2, 0.25) is 0 Å². The zero-order valence-corrected chi connectivity index (χ0v) is 21.5. The number of aryl methyl sites for hydroxylation is 1. The number of aromatic nitrogens is 4. The summed E-state index contributed by atoms with van der Waals surface area (Å²) >= 11 is 2.69. The molecule has 7 nitrogen and oxygen atoms in total. The molecule has 1 unspecified atom stereocenters. The minimum Gasteiger partial charge on any atom is -0.483 e. The molecule has 1 amide bonds. The van der Waals surface area contributed by atoms with Crippen LogP contribution in [0.3, 0.4) is 0 Å². The number of rotatable bonds is 9. The molecule has 2 aromatic carbocycles. The highest BCUT2D eigenvalue weighted by Gasteiger charge is 2.22. The number of amides is 1. The van der Waals surface area contributed by atoms with E-state index in [0.29, 0.717) is 21.9 Å². The molecule has 0 spiro atoms. The van der Waals surface area contributed by atoms with Crippen molar-refractivity contribution in [3.8, 4) is 17.0 Å². The van der Waals surface area contributed by atoms with E-state index >= 15 is 0 Å². The Morgan fingerprint density at radius 2 is 1.83 bits per heavy atom. The van der Waals surface area contributed by atoms with Gasteiger partial charge in [0.2, 0.25) is 5.91 Å². The average molecular weight is 512 g/mol. The van der Waals surface area contributed by atoms with Gasteiger partial charge >= 0.3 is 0 Å². The van der Waals surface area contributed by atoms with Gasteiger partial charge in [0.25, 0.3) is 0 Å². The third-order valence-electron chi connectivity index (χ3n) is 5.13. The number of thioether (sulfide) groups is 1. The van der Waals surface area contributed by atoms with E-state index in [1.54, 1.807) is 12.1 Å². The van der Waals surface area contributed by atoms with Gasteiger partial charge in [0.05, 0.1) is 11.4 Å². The van der Waals surface area contributed by atoms with Crippen molar-refractivity contribution in [2.45, 2.75) is 45.0 Å². The van der Waals surface area contributed by atoms with Gasteiger partial charge in [-0.05, 0) is 52.0 Å². The molecule has 2 heterocycles. The molecule has 0 aliphatic heterocycles. The minimum absolute atomic E-state index is 0.0564. The molecule has 2 aromatic heterocycles. The zero-order valence-electron chi connectivity index (χ0n) is 19.9. The molecule has 0 aliphatic rings. The van der Waals surface area contributed by atoms with Crippen LogP contribution >= 0.6 is 23.1 Å². The summed E-state index contributed by atoms with van der Waals surface area (Å²) in [6.07, 6.45) is -0.408. The summed E-state index contributed by atoms with van der Waals surface area (Å²) in [4.78, 5) is 17.1. The van der Waals surface area contributed by atoms with Crippen LogP contribution in [0.5, 0.6) is 5.75 Å². The first kappa shape index (κ1) is 24.9. The van der Waals surface area contributed by atoms with Crippen LogP contribution in [-0.2, 0) is 4.79 Å². The predicted molar refractivity (Wildman–Crippen MR) is 137 cm³/mol. The molecule has 182 valence electrons. The van der Waals surface area contributed by atoms with Crippen LogP contribution in [0.1, 0.15) is 44.3 Å². The Bertz CT molecular complexity index is 1290. The van der Waals surface area contributed by atoms with E-state index in [1.807, 2.05) is 61.9 Å². The van der Waals surface area contributed by atoms with Crippen LogP contribution in [0.25, 0.3) is 11.3 Å². The monoisotopic (exact) mass is 511 g/mol. The van der Waals surface area contributed by atoms with Crippen LogP contribution in [0.15, 0.2) is 59.1 Å². The van der Waals surface area contributed by atoms with Crippen molar-refractivity contribution in [3.05, 3.63) is 71.1 Å². The highest BCUT2D eigenvalue weighted by molar-refractivity contribution is 7.99. The molecule has 35 heavy (non-hydrogen) atoms. The third-order valence-corrected chi connectivity index (χ3v) is 6.83. The van der Waals surface area contributed by atoms with Gasteiger partial charge in [-0.3, -0.25) is 4.79 Å². The topological polar surface area (TPSA) is 81.9 Å². The lowest BCUT2D eigenvalue weighted by molar-refractivity contribution is -0.113. The lowest BCUT2D eigenvalue weighted by Gasteiger charge is -2.18. The van der Waals surface area contributed by atoms with Gasteiger partial charge in [-0.25, -0.2) is 9.37 Å². The van der Waals surface area contributed by atoms with Crippen molar-refractivity contribution in [2.24, 2.45) is 0 Å². The third kappa shape index (κ3) is 6.26. The predicted octanol–water partition coefficient (Wildman–Crippen LogP) is 6.30. The number of anilines is 1. The largest absolute Gasteiger partial charge is 0.483 e. The van der Waals surface area contributed by atoms with Crippen molar-refractivity contribution < 1.29 is 13.9 Å². The average Bonchev–Trinajstić information content (AvgIpc) is 3.47. The standard InChI is InChI=1S/C25H26FN5O2S2/c1-15(2)31-23(17(4)33-20-11-9-19(26)10-12-20)29-30-25(31)35-14-22(32)28-24-27-21(13-34-24)18-7-5-16(3)6-8-18/h5-13,15,17H,14H2,1-4H3,(H,27,28,32). The molecule has 0 fully saturated rings. The molecule has 0 bridgehead atoms. The fraction of sp³-hybridized carbons (Fsp3) is 0.280. The first-order valence-corrected chi connectivity index (χ1v) is 13.0. The normalized spacial score (nSPS) is 12.1. The number of hydrogen-bond donors (Lipinski definition) is 1. The van der Waals surface area contributed by atoms with Crippen molar-refractivity contribution >= 4 is 34.1 Å². The molecule has 4 aromatic rings. The molecule has 0 saturated carbocycles. The second-order valence-electron chi connectivity index (χ2n) is 8.26. The van der Waals surface area contributed by atoms with Gasteiger partial charge in [0.1, 0.15) is 11.6 Å². The number of carbonyl (C=O) groups excluding carboxylic acids is 1. The Morgan fingerprint density at radius 1 is 1.11 bits per heavy atom. The summed E-state index contributed by atoms with van der Waals surface area (Å²) in [5.74, 6) is 0.846. The van der Waals surface area contributed by atoms with Crippen LogP contribution in [0.4, 0.5) is 9.52 Å². The van der Waals surface area contributed by atoms with Crippen LogP contribution < -0.4 is 10.1 Å². The number of halogens is 1. The molecule has 1 N–H and O–H groups in total. The molecule has 4 rings (SSSR count). The van der Waals surface area contributed by atoms with Gasteiger partial charge in [0, 0.05) is 17.0 Å². The van der Waals surface area contributed by atoms with Gasteiger partial charge in [-0.1, -0.05) is 41.6 Å². The molecular weight excluding hydrogens is 485 g/mol. The Labute approximate surface area is 211 Å². The summed E-state index contributed by atoms with van der Waals surface area (Å²) < 4.78 is 21.1. The van der Waals surface area contributed by atoms with Gasteiger partial charge in [-0.2, -0.15) is 0 Å². The maximum absolute atomic E-state index is 13.2. The second kappa shape index (κ2) is 11.0. The molecule has 0 saturated heterocycles. The van der Waals surface area contributed by atoms with E-state index in [0.717, 1.165) is 11.3 Å². The van der Waals surface area contributed by atoms with Gasteiger partial charge in [0.15, 0.2) is 22.2 Å². The van der Waals surface area contributed by atoms with E-state index in [2.05, 4.69) is 20.5 Å². The Morgan fingerprint density at radius 3 is 2.51 bits per heavy atom. The lowest BCUT2D eigenvalue weighted by atomic mass is 10.1. The molecule has 1 atom stereocenters. The number of nitrogens with zero attached hydrogens (tertiary/aromatic N) is 4. The Balaban J connectivity index is 1.38. The van der Waals surface area contributed by atoms with Gasteiger partial charge < -0.3 is 14.6 Å². The van der Waals surface area contributed by atoms with E-state index in [9.17, 15) is 9.18 Å². The SMILES string of the molecule is Cc1ccc(-c2csc(NC(=O)CSc3nnc(C(C)Oc4ccc(F)cc4)n3C(C)C)n2)cc1.